The first-order valence-electron chi connectivity index (χ1n) is 7.21. The van der Waals surface area contributed by atoms with Gasteiger partial charge in [-0.25, -0.2) is 0 Å². The third-order valence-electron chi connectivity index (χ3n) is 3.99. The fourth-order valence-corrected chi connectivity index (χ4v) is 2.90. The molecule has 0 radical (unpaired) electrons. The normalized spacial score (nSPS) is 20.3. The van der Waals surface area contributed by atoms with Gasteiger partial charge in [0.1, 0.15) is 5.76 Å². The van der Waals surface area contributed by atoms with Crippen LogP contribution in [-0.2, 0) is 10.4 Å². The molecule has 0 aliphatic carbocycles. The Morgan fingerprint density at radius 3 is 2.64 bits per heavy atom. The average Bonchev–Trinajstić information content (AvgIpc) is 3.02. The lowest BCUT2D eigenvalue weighted by Gasteiger charge is -2.21. The van der Waals surface area contributed by atoms with E-state index in [9.17, 15) is 14.7 Å². The van der Waals surface area contributed by atoms with Gasteiger partial charge in [0.25, 0.3) is 5.91 Å². The number of hydrogen-bond acceptors (Lipinski definition) is 4. The predicted octanol–water partition coefficient (Wildman–Crippen LogP) is 2.42. The van der Waals surface area contributed by atoms with Gasteiger partial charge in [-0.15, -0.1) is 0 Å². The van der Waals surface area contributed by atoms with Gasteiger partial charge >= 0.3 is 0 Å². The van der Waals surface area contributed by atoms with Crippen molar-refractivity contribution in [2.45, 2.75) is 25.9 Å². The molecule has 5 nitrogen and oxygen atoms in total. The second-order valence-electron chi connectivity index (χ2n) is 5.44. The summed E-state index contributed by atoms with van der Waals surface area (Å²) in [6, 6.07) is 10.2. The highest BCUT2D eigenvalue weighted by Crippen LogP contribution is 2.42. The number of likely N-dealkylation sites (N-methyl/N-ethyl adjacent to an activating group) is 1. The van der Waals surface area contributed by atoms with Crippen LogP contribution in [-0.4, -0.2) is 23.3 Å². The number of rotatable bonds is 4. The van der Waals surface area contributed by atoms with E-state index in [1.54, 1.807) is 43.3 Å². The van der Waals surface area contributed by atoms with Gasteiger partial charge in [-0.1, -0.05) is 18.2 Å². The lowest BCUT2D eigenvalue weighted by molar-refractivity contribution is -0.135. The number of aliphatic hydroxyl groups is 1. The molecule has 1 aromatic heterocycles. The van der Waals surface area contributed by atoms with E-state index in [0.29, 0.717) is 23.6 Å². The van der Waals surface area contributed by atoms with Crippen molar-refractivity contribution in [2.24, 2.45) is 0 Å². The first-order valence-corrected chi connectivity index (χ1v) is 7.21. The highest BCUT2D eigenvalue weighted by Gasteiger charge is 2.50. The van der Waals surface area contributed by atoms with Crippen molar-refractivity contribution in [3.8, 4) is 0 Å². The van der Waals surface area contributed by atoms with Crippen LogP contribution in [0.5, 0.6) is 0 Å². The summed E-state index contributed by atoms with van der Waals surface area (Å²) in [5, 5.41) is 10.9. The SMILES string of the molecule is CCN1C(=O)[C@@](O)(CC(=O)c2ccc(C)o2)c2ccccc21. The maximum absolute atomic E-state index is 12.6. The summed E-state index contributed by atoms with van der Waals surface area (Å²) >= 11 is 0. The molecule has 1 aliphatic rings. The Balaban J connectivity index is 1.98. The highest BCUT2D eigenvalue weighted by molar-refractivity contribution is 6.10. The number of aryl methyl sites for hydroxylation is 1. The zero-order valence-electron chi connectivity index (χ0n) is 12.5. The van der Waals surface area contributed by atoms with E-state index in [2.05, 4.69) is 0 Å². The van der Waals surface area contributed by atoms with E-state index >= 15 is 0 Å². The average molecular weight is 299 g/mol. The monoisotopic (exact) mass is 299 g/mol. The molecule has 0 bridgehead atoms. The number of Topliss-reactive ketones (excluding diaryl/α,β-unsaturated/α-hetero) is 1. The molecule has 1 amide bonds. The largest absolute Gasteiger partial charge is 0.458 e. The molecule has 0 unspecified atom stereocenters. The molecular formula is C17H17NO4. The predicted molar refractivity (Wildman–Crippen MR) is 80.8 cm³/mol. The molecule has 0 saturated carbocycles. The molecule has 0 saturated heterocycles. The molecule has 2 heterocycles. The van der Waals surface area contributed by atoms with Gasteiger partial charge in [0.05, 0.1) is 12.1 Å². The minimum absolute atomic E-state index is 0.158. The molecule has 1 aliphatic heterocycles. The number of hydrogen-bond donors (Lipinski definition) is 1. The Morgan fingerprint density at radius 2 is 2.00 bits per heavy atom. The molecular weight excluding hydrogens is 282 g/mol. The van der Waals surface area contributed by atoms with Crippen LogP contribution in [0.3, 0.4) is 0 Å². The summed E-state index contributed by atoms with van der Waals surface area (Å²) in [5.74, 6) is -0.0839. The first-order chi connectivity index (χ1) is 10.5. The van der Waals surface area contributed by atoms with E-state index in [4.69, 9.17) is 4.42 Å². The Morgan fingerprint density at radius 1 is 1.27 bits per heavy atom. The van der Waals surface area contributed by atoms with Crippen molar-refractivity contribution in [1.82, 2.24) is 0 Å². The van der Waals surface area contributed by atoms with Crippen LogP contribution in [0.25, 0.3) is 0 Å². The van der Waals surface area contributed by atoms with E-state index < -0.39 is 17.3 Å². The minimum atomic E-state index is -1.83. The quantitative estimate of drug-likeness (QED) is 0.880. The lowest BCUT2D eigenvalue weighted by atomic mass is 9.89. The van der Waals surface area contributed by atoms with Crippen LogP contribution in [0, 0.1) is 6.92 Å². The molecule has 0 fully saturated rings. The number of ketones is 1. The van der Waals surface area contributed by atoms with Crippen LogP contribution >= 0.6 is 0 Å². The fraction of sp³-hybridized carbons (Fsp3) is 0.294. The summed E-state index contributed by atoms with van der Waals surface area (Å²) < 4.78 is 5.29. The summed E-state index contributed by atoms with van der Waals surface area (Å²) in [6.45, 7) is 4.00. The second kappa shape index (κ2) is 5.10. The molecule has 1 N–H and O–H groups in total. The maximum Gasteiger partial charge on any atom is 0.264 e. The van der Waals surface area contributed by atoms with Crippen molar-refractivity contribution in [2.75, 3.05) is 11.4 Å². The molecule has 1 atom stereocenters. The number of fused-ring (bicyclic) bond motifs is 1. The van der Waals surface area contributed by atoms with Gasteiger partial charge in [-0.05, 0) is 32.0 Å². The molecule has 2 aromatic rings. The molecule has 114 valence electrons. The number of para-hydroxylation sites is 1. The number of benzene rings is 1. The number of amides is 1. The Kier molecular flexibility index (Phi) is 3.37. The Labute approximate surface area is 128 Å². The van der Waals surface area contributed by atoms with Gasteiger partial charge in [-0.3, -0.25) is 9.59 Å². The standard InChI is InChI=1S/C17H17NO4/c1-3-18-13-7-5-4-6-12(13)17(21,16(18)20)10-14(19)15-9-8-11(2)22-15/h4-9,21H,3,10H2,1-2H3/t17-/m1/s1. The van der Waals surface area contributed by atoms with Gasteiger partial charge in [0.15, 0.2) is 11.4 Å². The van der Waals surface area contributed by atoms with Crippen LogP contribution in [0.2, 0.25) is 0 Å². The van der Waals surface area contributed by atoms with E-state index in [-0.39, 0.29) is 12.2 Å². The smallest absolute Gasteiger partial charge is 0.264 e. The topological polar surface area (TPSA) is 70.8 Å². The number of furan rings is 1. The van der Waals surface area contributed by atoms with Crippen LogP contribution in [0.1, 0.15) is 35.2 Å². The zero-order chi connectivity index (χ0) is 15.9. The fourth-order valence-electron chi connectivity index (χ4n) is 2.90. The summed E-state index contributed by atoms with van der Waals surface area (Å²) in [6.07, 6.45) is -0.327. The Bertz CT molecular complexity index is 749. The zero-order valence-corrected chi connectivity index (χ0v) is 12.5. The Hall–Kier alpha value is -2.40. The van der Waals surface area contributed by atoms with Crippen molar-refractivity contribution < 1.29 is 19.1 Å². The van der Waals surface area contributed by atoms with Gasteiger partial charge < -0.3 is 14.4 Å². The third-order valence-corrected chi connectivity index (χ3v) is 3.99. The molecule has 1 aromatic carbocycles. The molecule has 22 heavy (non-hydrogen) atoms. The number of anilines is 1. The lowest BCUT2D eigenvalue weighted by Crippen LogP contribution is -2.41. The molecule has 5 heteroatoms. The number of carbonyl (C=O) groups excluding carboxylic acids is 2. The number of carbonyl (C=O) groups is 2. The minimum Gasteiger partial charge on any atom is -0.458 e. The van der Waals surface area contributed by atoms with Crippen molar-refractivity contribution in [3.63, 3.8) is 0 Å². The van der Waals surface area contributed by atoms with Crippen LogP contribution in [0.4, 0.5) is 5.69 Å². The summed E-state index contributed by atoms with van der Waals surface area (Å²) in [7, 11) is 0. The first kappa shape index (κ1) is 14.5. The van der Waals surface area contributed by atoms with Crippen LogP contribution in [0.15, 0.2) is 40.8 Å². The summed E-state index contributed by atoms with van der Waals surface area (Å²) in [5.41, 5.74) is -0.705. The maximum atomic E-state index is 12.6. The molecule has 3 rings (SSSR count). The summed E-state index contributed by atoms with van der Waals surface area (Å²) in [4.78, 5) is 26.4. The van der Waals surface area contributed by atoms with Gasteiger partial charge in [0, 0.05) is 12.1 Å². The third kappa shape index (κ3) is 2.05. The molecule has 0 spiro atoms. The van der Waals surface area contributed by atoms with Crippen molar-refractivity contribution in [3.05, 3.63) is 53.5 Å². The van der Waals surface area contributed by atoms with Crippen molar-refractivity contribution >= 4 is 17.4 Å². The number of nitrogens with zero attached hydrogens (tertiary/aromatic N) is 1. The van der Waals surface area contributed by atoms with Crippen molar-refractivity contribution in [1.29, 1.82) is 0 Å². The van der Waals surface area contributed by atoms with Crippen LogP contribution < -0.4 is 4.90 Å². The second-order valence-corrected chi connectivity index (χ2v) is 5.44. The van der Waals surface area contributed by atoms with E-state index in [1.807, 2.05) is 6.92 Å². The van der Waals surface area contributed by atoms with Gasteiger partial charge in [-0.2, -0.15) is 0 Å². The van der Waals surface area contributed by atoms with E-state index in [0.717, 1.165) is 0 Å². The van der Waals surface area contributed by atoms with Gasteiger partial charge in [0.2, 0.25) is 5.78 Å². The van der Waals surface area contributed by atoms with E-state index in [1.165, 1.54) is 4.90 Å². The highest BCUT2D eigenvalue weighted by atomic mass is 16.3.